The highest BCUT2D eigenvalue weighted by atomic mass is 35.5. The van der Waals surface area contributed by atoms with Crippen LogP contribution in [-0.2, 0) is 26.2 Å². The lowest BCUT2D eigenvalue weighted by atomic mass is 10.1. The van der Waals surface area contributed by atoms with Crippen molar-refractivity contribution in [2.75, 3.05) is 23.7 Å². The van der Waals surface area contributed by atoms with Crippen LogP contribution in [0.1, 0.15) is 39.2 Å². The Balaban J connectivity index is 2.20. The number of halogens is 2. The van der Waals surface area contributed by atoms with Crippen molar-refractivity contribution in [3.8, 4) is 0 Å². The lowest BCUT2D eigenvalue weighted by Crippen LogP contribution is -2.48. The number of hydrogen-bond donors (Lipinski definition) is 1. The molecule has 0 saturated carbocycles. The molecule has 0 aliphatic heterocycles. The van der Waals surface area contributed by atoms with Gasteiger partial charge in [0.2, 0.25) is 21.8 Å². The van der Waals surface area contributed by atoms with Gasteiger partial charge in [0.05, 0.1) is 11.9 Å². The SMILES string of the molecule is CC(C)CNC(=O)C(C)N(Cc1c(Cl)cccc1Cl)C(=O)CCCN(c1ccccc1)S(C)(=O)=O. The molecule has 0 spiro atoms. The lowest BCUT2D eigenvalue weighted by Gasteiger charge is -2.30. The molecule has 2 aromatic carbocycles. The van der Waals surface area contributed by atoms with Gasteiger partial charge < -0.3 is 10.2 Å². The van der Waals surface area contributed by atoms with Crippen molar-refractivity contribution in [1.82, 2.24) is 10.2 Å². The van der Waals surface area contributed by atoms with Crippen molar-refractivity contribution in [3.63, 3.8) is 0 Å². The first-order valence-electron chi connectivity index (χ1n) is 11.4. The molecule has 0 heterocycles. The van der Waals surface area contributed by atoms with Crippen LogP contribution in [0.2, 0.25) is 10.0 Å². The van der Waals surface area contributed by atoms with Gasteiger partial charge in [-0.2, -0.15) is 0 Å². The lowest BCUT2D eigenvalue weighted by molar-refractivity contribution is -0.140. The molecule has 192 valence electrons. The number of rotatable bonds is 12. The first-order chi connectivity index (χ1) is 16.4. The summed E-state index contributed by atoms with van der Waals surface area (Å²) in [7, 11) is -3.53. The van der Waals surface area contributed by atoms with E-state index in [0.29, 0.717) is 27.8 Å². The average molecular weight is 543 g/mol. The van der Waals surface area contributed by atoms with Crippen LogP contribution in [0.15, 0.2) is 48.5 Å². The number of nitrogens with zero attached hydrogens (tertiary/aromatic N) is 2. The summed E-state index contributed by atoms with van der Waals surface area (Å²) < 4.78 is 25.9. The topological polar surface area (TPSA) is 86.8 Å². The van der Waals surface area contributed by atoms with E-state index >= 15 is 0 Å². The number of sulfonamides is 1. The normalized spacial score (nSPS) is 12.3. The van der Waals surface area contributed by atoms with Gasteiger partial charge in [-0.3, -0.25) is 13.9 Å². The van der Waals surface area contributed by atoms with E-state index < -0.39 is 16.1 Å². The van der Waals surface area contributed by atoms with Gasteiger partial charge in [-0.25, -0.2) is 8.42 Å². The molecule has 0 aliphatic rings. The zero-order valence-electron chi connectivity index (χ0n) is 20.5. The van der Waals surface area contributed by atoms with Crippen LogP contribution in [0.25, 0.3) is 0 Å². The Morgan fingerprint density at radius 3 is 2.11 bits per heavy atom. The molecule has 2 aromatic rings. The minimum Gasteiger partial charge on any atom is -0.354 e. The summed E-state index contributed by atoms with van der Waals surface area (Å²) >= 11 is 12.7. The first kappa shape index (κ1) is 28.9. The second-order valence-electron chi connectivity index (χ2n) is 8.81. The van der Waals surface area contributed by atoms with E-state index in [4.69, 9.17) is 23.2 Å². The van der Waals surface area contributed by atoms with Crippen LogP contribution in [0.3, 0.4) is 0 Å². The van der Waals surface area contributed by atoms with Crippen molar-refractivity contribution in [2.45, 2.75) is 46.2 Å². The molecular formula is C25H33Cl2N3O4S. The Morgan fingerprint density at radius 2 is 1.57 bits per heavy atom. The maximum atomic E-state index is 13.3. The number of anilines is 1. The number of nitrogens with one attached hydrogen (secondary N) is 1. The number of carbonyl (C=O) groups is 2. The summed E-state index contributed by atoms with van der Waals surface area (Å²) in [4.78, 5) is 27.5. The molecule has 2 amide bonds. The fourth-order valence-electron chi connectivity index (χ4n) is 3.49. The molecule has 35 heavy (non-hydrogen) atoms. The molecule has 0 aromatic heterocycles. The second kappa shape index (κ2) is 13.1. The summed E-state index contributed by atoms with van der Waals surface area (Å²) in [6.07, 6.45) is 1.45. The zero-order valence-corrected chi connectivity index (χ0v) is 22.8. The molecule has 2 rings (SSSR count). The predicted octanol–water partition coefficient (Wildman–Crippen LogP) is 4.73. The Labute approximate surface area is 218 Å². The summed E-state index contributed by atoms with van der Waals surface area (Å²) in [6.45, 7) is 6.30. The number of carbonyl (C=O) groups excluding carboxylic acids is 2. The third kappa shape index (κ3) is 8.70. The molecule has 0 radical (unpaired) electrons. The third-order valence-corrected chi connectivity index (χ3v) is 7.34. The minimum atomic E-state index is -3.53. The van der Waals surface area contributed by atoms with E-state index in [1.54, 1.807) is 55.5 Å². The molecule has 0 bridgehead atoms. The molecule has 0 aliphatic carbocycles. The standard InChI is InChI=1S/C25H33Cl2N3O4S/c1-18(2)16-28-25(32)19(3)29(17-21-22(26)12-8-13-23(21)27)24(31)14-9-15-30(35(4,33)34)20-10-6-5-7-11-20/h5-8,10-13,18-19H,9,14-17H2,1-4H3,(H,28,32). The minimum absolute atomic E-state index is 0.0444. The zero-order chi connectivity index (χ0) is 26.2. The number of amides is 2. The van der Waals surface area contributed by atoms with Gasteiger partial charge in [0, 0.05) is 41.7 Å². The highest BCUT2D eigenvalue weighted by Gasteiger charge is 2.28. The molecule has 0 saturated heterocycles. The molecule has 1 unspecified atom stereocenters. The van der Waals surface area contributed by atoms with Crippen LogP contribution >= 0.6 is 23.2 Å². The average Bonchev–Trinajstić information content (AvgIpc) is 2.79. The van der Waals surface area contributed by atoms with Crippen molar-refractivity contribution in [2.24, 2.45) is 5.92 Å². The maximum Gasteiger partial charge on any atom is 0.242 e. The van der Waals surface area contributed by atoms with Crippen molar-refractivity contribution in [3.05, 3.63) is 64.1 Å². The Bertz CT molecular complexity index is 1090. The second-order valence-corrected chi connectivity index (χ2v) is 11.5. The van der Waals surface area contributed by atoms with Crippen molar-refractivity contribution < 1.29 is 18.0 Å². The molecule has 1 atom stereocenters. The summed E-state index contributed by atoms with van der Waals surface area (Å²) in [5.41, 5.74) is 1.08. The highest BCUT2D eigenvalue weighted by Crippen LogP contribution is 2.27. The van der Waals surface area contributed by atoms with Crippen LogP contribution in [0, 0.1) is 5.92 Å². The van der Waals surface area contributed by atoms with E-state index in [2.05, 4.69) is 5.32 Å². The summed E-state index contributed by atoms with van der Waals surface area (Å²) in [5, 5.41) is 3.66. The summed E-state index contributed by atoms with van der Waals surface area (Å²) in [5.74, 6) is -0.319. The van der Waals surface area contributed by atoms with E-state index in [9.17, 15) is 18.0 Å². The summed E-state index contributed by atoms with van der Waals surface area (Å²) in [6, 6.07) is 13.0. The van der Waals surface area contributed by atoms with Crippen molar-refractivity contribution >= 4 is 50.7 Å². The van der Waals surface area contributed by atoms with Gasteiger partial charge >= 0.3 is 0 Å². The van der Waals surface area contributed by atoms with Crippen LogP contribution in [0.5, 0.6) is 0 Å². The van der Waals surface area contributed by atoms with Crippen LogP contribution in [0.4, 0.5) is 5.69 Å². The smallest absolute Gasteiger partial charge is 0.242 e. The van der Waals surface area contributed by atoms with Gasteiger partial charge in [-0.1, -0.05) is 61.3 Å². The number of benzene rings is 2. The predicted molar refractivity (Wildman–Crippen MR) is 142 cm³/mol. The Kier molecular flexibility index (Phi) is 10.9. The van der Waals surface area contributed by atoms with Gasteiger partial charge in [0.15, 0.2) is 0 Å². The molecule has 1 N–H and O–H groups in total. The number of hydrogen-bond acceptors (Lipinski definition) is 4. The third-order valence-electron chi connectivity index (χ3n) is 5.44. The molecular weight excluding hydrogens is 509 g/mol. The molecule has 0 fully saturated rings. The van der Waals surface area contributed by atoms with E-state index in [1.165, 1.54) is 9.21 Å². The van der Waals surface area contributed by atoms with Crippen molar-refractivity contribution in [1.29, 1.82) is 0 Å². The Hall–Kier alpha value is -2.29. The van der Waals surface area contributed by atoms with Gasteiger partial charge in [-0.15, -0.1) is 0 Å². The first-order valence-corrected chi connectivity index (χ1v) is 14.0. The quantitative estimate of drug-likeness (QED) is 0.420. The van der Waals surface area contributed by atoms with Gasteiger partial charge in [-0.05, 0) is 43.5 Å². The molecule has 10 heteroatoms. The monoisotopic (exact) mass is 541 g/mol. The van der Waals surface area contributed by atoms with Gasteiger partial charge in [0.1, 0.15) is 6.04 Å². The fourth-order valence-corrected chi connectivity index (χ4v) is 4.97. The largest absolute Gasteiger partial charge is 0.354 e. The molecule has 7 nitrogen and oxygen atoms in total. The Morgan fingerprint density at radius 1 is 0.971 bits per heavy atom. The van der Waals surface area contributed by atoms with Gasteiger partial charge in [0.25, 0.3) is 0 Å². The van der Waals surface area contributed by atoms with Crippen LogP contribution < -0.4 is 9.62 Å². The number of para-hydroxylation sites is 1. The van der Waals surface area contributed by atoms with Crippen LogP contribution in [-0.4, -0.2) is 50.5 Å². The maximum absolute atomic E-state index is 13.3. The fraction of sp³-hybridized carbons (Fsp3) is 0.440. The van der Waals surface area contributed by atoms with E-state index in [-0.39, 0.29) is 43.7 Å². The van der Waals surface area contributed by atoms with E-state index in [0.717, 1.165) is 6.26 Å². The highest BCUT2D eigenvalue weighted by molar-refractivity contribution is 7.92. The van der Waals surface area contributed by atoms with E-state index in [1.807, 2.05) is 13.8 Å².